The zero-order chi connectivity index (χ0) is 35.2. The van der Waals surface area contributed by atoms with Crippen molar-refractivity contribution in [2.24, 2.45) is 64.6 Å². The van der Waals surface area contributed by atoms with Gasteiger partial charge in [0.2, 0.25) is 0 Å². The van der Waals surface area contributed by atoms with Gasteiger partial charge in [0.25, 0.3) is 0 Å². The second kappa shape index (κ2) is 11.4. The number of hydrogen-bond donors (Lipinski definition) is 0. The molecule has 2 saturated heterocycles. The van der Waals surface area contributed by atoms with Crippen LogP contribution in [-0.2, 0) is 18.9 Å². The van der Waals surface area contributed by atoms with Crippen LogP contribution < -0.4 is 4.74 Å². The molecule has 7 saturated carbocycles. The van der Waals surface area contributed by atoms with E-state index in [0.717, 1.165) is 82.7 Å². The van der Waals surface area contributed by atoms with Gasteiger partial charge >= 0.3 is 11.9 Å². The molecule has 0 amide bonds. The summed E-state index contributed by atoms with van der Waals surface area (Å²) >= 11 is 0. The van der Waals surface area contributed by atoms with Gasteiger partial charge < -0.3 is 23.7 Å². The summed E-state index contributed by atoms with van der Waals surface area (Å²) in [5, 5.41) is 0. The van der Waals surface area contributed by atoms with E-state index in [0.29, 0.717) is 17.0 Å². The lowest BCUT2D eigenvalue weighted by molar-refractivity contribution is -0.0287. The maximum Gasteiger partial charge on any atom is 0.338 e. The molecular formula is C46H48O7. The van der Waals surface area contributed by atoms with E-state index >= 15 is 0 Å². The van der Waals surface area contributed by atoms with E-state index in [4.69, 9.17) is 23.7 Å². The zero-order valence-corrected chi connectivity index (χ0v) is 30.3. The van der Waals surface area contributed by atoms with Crippen LogP contribution in [-0.4, -0.2) is 56.2 Å². The largest absolute Gasteiger partial charge is 0.494 e. The summed E-state index contributed by atoms with van der Waals surface area (Å²) in [4.78, 5) is 26.3. The van der Waals surface area contributed by atoms with Crippen molar-refractivity contribution in [3.05, 3.63) is 89.5 Å². The lowest BCUT2D eigenvalue weighted by atomic mass is 9.73. The predicted octanol–water partition coefficient (Wildman–Crippen LogP) is 7.97. The molecule has 6 unspecified atom stereocenters. The lowest BCUT2D eigenvalue weighted by Crippen LogP contribution is -2.36. The van der Waals surface area contributed by atoms with Crippen molar-refractivity contribution >= 4 is 11.9 Å². The molecule has 3 aromatic rings. The van der Waals surface area contributed by atoms with Crippen LogP contribution in [0.4, 0.5) is 0 Å². The Morgan fingerprint density at radius 3 is 1.77 bits per heavy atom. The molecule has 9 aliphatic rings. The van der Waals surface area contributed by atoms with E-state index in [2.05, 4.69) is 31.2 Å². The SMILES string of the molecule is CC1C2C(CCOc3ccc(-c4ccc(C(=O)O[C@@H]5CO[C@@H]6[C@H]5OC[C@@H]6OC(=O)c5ccc(C6CCC(C7C8C7C87C8CC87)CC6)cc5)cc4)cc3)C12. The van der Waals surface area contributed by atoms with Crippen LogP contribution in [0.2, 0.25) is 0 Å². The first-order valence-corrected chi connectivity index (χ1v) is 20.6. The van der Waals surface area contributed by atoms with Gasteiger partial charge in [-0.3, -0.25) is 0 Å². The van der Waals surface area contributed by atoms with Gasteiger partial charge in [-0.2, -0.15) is 0 Å². The highest BCUT2D eigenvalue weighted by Gasteiger charge is 3.01. The Hall–Kier alpha value is -3.68. The number of fused-ring (bicyclic) bond motifs is 8. The van der Waals surface area contributed by atoms with Gasteiger partial charge in [-0.25, -0.2) is 9.59 Å². The molecule has 10 atom stereocenters. The number of carbonyl (C=O) groups is 2. The minimum absolute atomic E-state index is 0.198. The molecule has 1 spiro atoms. The van der Waals surface area contributed by atoms with Crippen molar-refractivity contribution in [1.82, 2.24) is 0 Å². The smallest absolute Gasteiger partial charge is 0.338 e. The summed E-state index contributed by atoms with van der Waals surface area (Å²) in [7, 11) is 0. The molecule has 2 aliphatic heterocycles. The molecular weight excluding hydrogens is 664 g/mol. The molecule has 3 aromatic carbocycles. The van der Waals surface area contributed by atoms with Crippen LogP contribution in [0.25, 0.3) is 11.1 Å². The number of carbonyl (C=O) groups excluding carboxylic acids is 2. The van der Waals surface area contributed by atoms with Crippen molar-refractivity contribution in [3.8, 4) is 16.9 Å². The maximum atomic E-state index is 13.2. The van der Waals surface area contributed by atoms with Crippen LogP contribution in [0.3, 0.4) is 0 Å². The van der Waals surface area contributed by atoms with Crippen LogP contribution in [0, 0.1) is 64.6 Å². The number of benzene rings is 3. The van der Waals surface area contributed by atoms with Gasteiger partial charge in [0, 0.05) is 0 Å². The average molecular weight is 713 g/mol. The third kappa shape index (κ3) is 4.98. The molecule has 0 aromatic heterocycles. The quantitative estimate of drug-likeness (QED) is 0.187. The molecule has 12 rings (SSSR count). The van der Waals surface area contributed by atoms with E-state index in [1.165, 1.54) is 43.1 Å². The first kappa shape index (κ1) is 31.6. The fraction of sp³-hybridized carbons (Fsp3) is 0.565. The van der Waals surface area contributed by atoms with Crippen molar-refractivity contribution in [1.29, 1.82) is 0 Å². The minimum Gasteiger partial charge on any atom is -0.494 e. The summed E-state index contributed by atoms with van der Waals surface area (Å²) in [5.74, 6) is 11.2. The Kier molecular flexibility index (Phi) is 6.82. The van der Waals surface area contributed by atoms with Crippen molar-refractivity contribution in [2.75, 3.05) is 19.8 Å². The highest BCUT2D eigenvalue weighted by atomic mass is 16.7. The molecule has 7 nitrogen and oxygen atoms in total. The highest BCUT2D eigenvalue weighted by molar-refractivity contribution is 5.90. The first-order chi connectivity index (χ1) is 26.0. The van der Waals surface area contributed by atoms with Gasteiger partial charge in [0.15, 0.2) is 12.2 Å². The maximum absolute atomic E-state index is 13.2. The molecule has 0 N–H and O–H groups in total. The van der Waals surface area contributed by atoms with Crippen LogP contribution in [0.5, 0.6) is 5.75 Å². The second-order valence-corrected chi connectivity index (χ2v) is 18.2. The first-order valence-electron chi connectivity index (χ1n) is 20.6. The third-order valence-corrected chi connectivity index (χ3v) is 15.9. The molecule has 7 aliphatic carbocycles. The van der Waals surface area contributed by atoms with Crippen molar-refractivity contribution in [2.45, 2.75) is 75.8 Å². The summed E-state index contributed by atoms with van der Waals surface area (Å²) in [6.45, 7) is 3.54. The number of esters is 2. The van der Waals surface area contributed by atoms with Gasteiger partial charge in [0.1, 0.15) is 18.0 Å². The monoisotopic (exact) mass is 712 g/mol. The number of ether oxygens (including phenoxy) is 5. The lowest BCUT2D eigenvalue weighted by Gasteiger charge is -2.32. The normalized spacial score (nSPS) is 43.8. The highest BCUT2D eigenvalue weighted by Crippen LogP contribution is 3.05. The summed E-state index contributed by atoms with van der Waals surface area (Å²) in [5.41, 5.74) is 5.35. The number of hydrogen-bond acceptors (Lipinski definition) is 7. The molecule has 274 valence electrons. The van der Waals surface area contributed by atoms with Crippen LogP contribution >= 0.6 is 0 Å². The van der Waals surface area contributed by atoms with Crippen LogP contribution in [0.1, 0.15) is 77.6 Å². The van der Waals surface area contributed by atoms with Gasteiger partial charge in [-0.15, -0.1) is 0 Å². The van der Waals surface area contributed by atoms with Gasteiger partial charge in [-0.05, 0) is 162 Å². The van der Waals surface area contributed by atoms with Crippen molar-refractivity contribution in [3.63, 3.8) is 0 Å². The standard InChI is InChI=1S/C46H48O7/c1-23-37-32(38(23)37)18-19-49-31-16-14-27(15-17-31)26-6-12-30(13-7-26)45(48)53-36-22-51-42-35(21-50-43(36)42)52-44(47)29-10-4-25(5-11-29)24-2-8-28(9-3-24)39-40-41(39)46(40)33-20-34(33)46/h4-7,10-17,23-24,28,32-43H,2-3,8-9,18-22H2,1H3/t23?,24?,28?,32?,33?,34?,35-,36+,37?,38?,39?,40?,41?,42-,43-,46?/m0/s1. The summed E-state index contributed by atoms with van der Waals surface area (Å²) in [6.07, 6.45) is 5.93. The van der Waals surface area contributed by atoms with E-state index in [9.17, 15) is 9.59 Å². The summed E-state index contributed by atoms with van der Waals surface area (Å²) in [6, 6.07) is 23.6. The Morgan fingerprint density at radius 1 is 0.698 bits per heavy atom. The Labute approximate surface area is 311 Å². The van der Waals surface area contributed by atoms with E-state index < -0.39 is 30.4 Å². The fourth-order valence-corrected chi connectivity index (χ4v) is 12.6. The van der Waals surface area contributed by atoms with E-state index in [1.807, 2.05) is 36.4 Å². The Balaban J connectivity index is 0.599. The molecule has 9 fully saturated rings. The second-order valence-electron chi connectivity index (χ2n) is 18.2. The zero-order valence-electron chi connectivity index (χ0n) is 30.3. The predicted molar refractivity (Wildman–Crippen MR) is 195 cm³/mol. The van der Waals surface area contributed by atoms with Crippen LogP contribution in [0.15, 0.2) is 72.8 Å². The third-order valence-electron chi connectivity index (χ3n) is 15.9. The number of rotatable bonds is 11. The molecule has 7 heteroatoms. The minimum atomic E-state index is -0.571. The van der Waals surface area contributed by atoms with Gasteiger partial charge in [0.05, 0.1) is 30.9 Å². The van der Waals surface area contributed by atoms with E-state index in [-0.39, 0.29) is 19.2 Å². The Bertz CT molecular complexity index is 1920. The fourth-order valence-electron chi connectivity index (χ4n) is 12.6. The topological polar surface area (TPSA) is 80.3 Å². The van der Waals surface area contributed by atoms with Crippen molar-refractivity contribution < 1.29 is 33.3 Å². The van der Waals surface area contributed by atoms with Gasteiger partial charge in [-0.1, -0.05) is 43.3 Å². The molecule has 2 heterocycles. The van der Waals surface area contributed by atoms with E-state index in [1.54, 1.807) is 18.6 Å². The molecule has 0 bridgehead atoms. The average Bonchev–Trinajstić information content (AvgIpc) is 3.93. The molecule has 53 heavy (non-hydrogen) atoms. The Morgan fingerprint density at radius 2 is 1.25 bits per heavy atom. The molecule has 0 radical (unpaired) electrons. The summed E-state index contributed by atoms with van der Waals surface area (Å²) < 4.78 is 29.7.